The molecule has 1 fully saturated rings. The highest BCUT2D eigenvalue weighted by atomic mass is 32.2. The van der Waals surface area contributed by atoms with E-state index >= 15 is 0 Å². The summed E-state index contributed by atoms with van der Waals surface area (Å²) in [6.07, 6.45) is 2.69. The molecule has 30 heavy (non-hydrogen) atoms. The first-order chi connectivity index (χ1) is 14.2. The van der Waals surface area contributed by atoms with Crippen LogP contribution in [0.2, 0.25) is 0 Å². The molecule has 160 valence electrons. The van der Waals surface area contributed by atoms with Crippen molar-refractivity contribution in [2.45, 2.75) is 31.0 Å². The lowest BCUT2D eigenvalue weighted by Gasteiger charge is -2.46. The second-order valence-electron chi connectivity index (χ2n) is 7.37. The lowest BCUT2D eigenvalue weighted by Crippen LogP contribution is -2.63. The summed E-state index contributed by atoms with van der Waals surface area (Å²) >= 11 is 2.94. The van der Waals surface area contributed by atoms with E-state index in [0.29, 0.717) is 17.9 Å². The summed E-state index contributed by atoms with van der Waals surface area (Å²) < 4.78 is 1.85. The molecule has 2 aliphatic heterocycles. The SMILES string of the molecule is C[C@@H](O)[C@H]1C(=O)N2C(C(=O)O)=C(c3cn4cnc(SCCNC(=N)N)c4s3)[C@H](C)[C@H]12. The van der Waals surface area contributed by atoms with Crippen molar-refractivity contribution in [3.63, 3.8) is 0 Å². The summed E-state index contributed by atoms with van der Waals surface area (Å²) in [6, 6.07) is -0.343. The molecule has 0 unspecified atom stereocenters. The summed E-state index contributed by atoms with van der Waals surface area (Å²) in [6.45, 7) is 4.00. The number of fused-ring (bicyclic) bond motifs is 2. The molecule has 6 N–H and O–H groups in total. The molecule has 4 atom stereocenters. The van der Waals surface area contributed by atoms with Gasteiger partial charge in [-0.1, -0.05) is 6.92 Å². The summed E-state index contributed by atoms with van der Waals surface area (Å²) in [4.78, 5) is 31.9. The Hall–Kier alpha value is -2.57. The Morgan fingerprint density at radius 1 is 1.53 bits per heavy atom. The van der Waals surface area contributed by atoms with Crippen LogP contribution in [0.25, 0.3) is 10.4 Å². The number of thioether (sulfide) groups is 1. The van der Waals surface area contributed by atoms with Crippen LogP contribution in [0.15, 0.2) is 23.2 Å². The van der Waals surface area contributed by atoms with Gasteiger partial charge in [0.25, 0.3) is 0 Å². The van der Waals surface area contributed by atoms with Crippen LogP contribution in [0.4, 0.5) is 0 Å². The van der Waals surface area contributed by atoms with Crippen molar-refractivity contribution in [1.29, 1.82) is 5.41 Å². The molecule has 4 heterocycles. The fourth-order valence-corrected chi connectivity index (χ4v) is 6.39. The minimum atomic E-state index is -1.14. The smallest absolute Gasteiger partial charge is 0.352 e. The third kappa shape index (κ3) is 3.15. The van der Waals surface area contributed by atoms with E-state index in [4.69, 9.17) is 11.1 Å². The monoisotopic (exact) mass is 450 g/mol. The third-order valence-electron chi connectivity index (χ3n) is 5.48. The maximum Gasteiger partial charge on any atom is 0.352 e. The number of guanidine groups is 1. The number of hydrogen-bond acceptors (Lipinski definition) is 7. The van der Waals surface area contributed by atoms with Crippen LogP contribution in [0.1, 0.15) is 18.7 Å². The lowest BCUT2D eigenvalue weighted by atomic mass is 9.77. The number of imidazole rings is 1. The van der Waals surface area contributed by atoms with Gasteiger partial charge in [-0.05, 0) is 6.92 Å². The number of nitrogens with zero attached hydrogens (tertiary/aromatic N) is 3. The highest BCUT2D eigenvalue weighted by molar-refractivity contribution is 7.99. The number of carboxylic acid groups (broad SMARTS) is 1. The number of nitrogens with one attached hydrogen (secondary N) is 2. The van der Waals surface area contributed by atoms with Crippen molar-refractivity contribution in [1.82, 2.24) is 19.6 Å². The number of amides is 1. The molecule has 0 bridgehead atoms. The summed E-state index contributed by atoms with van der Waals surface area (Å²) in [5, 5.41) is 30.6. The van der Waals surface area contributed by atoms with Crippen LogP contribution in [-0.4, -0.2) is 66.8 Å². The molecule has 12 heteroatoms. The van der Waals surface area contributed by atoms with Gasteiger partial charge in [-0.25, -0.2) is 9.78 Å². The van der Waals surface area contributed by atoms with Crippen LogP contribution in [0, 0.1) is 17.2 Å². The topological polar surface area (TPSA) is 157 Å². The van der Waals surface area contributed by atoms with Crippen molar-refractivity contribution in [3.05, 3.63) is 23.1 Å². The van der Waals surface area contributed by atoms with E-state index in [2.05, 4.69) is 10.3 Å². The first-order valence-corrected chi connectivity index (χ1v) is 11.2. The van der Waals surface area contributed by atoms with Crippen LogP contribution >= 0.6 is 23.1 Å². The average Bonchev–Trinajstić information content (AvgIpc) is 3.28. The largest absolute Gasteiger partial charge is 0.477 e. The van der Waals surface area contributed by atoms with Crippen LogP contribution in [0.5, 0.6) is 0 Å². The van der Waals surface area contributed by atoms with E-state index in [1.165, 1.54) is 28.0 Å². The van der Waals surface area contributed by atoms with E-state index in [9.17, 15) is 19.8 Å². The Balaban J connectivity index is 1.65. The molecule has 1 saturated heterocycles. The van der Waals surface area contributed by atoms with Gasteiger partial charge in [0.05, 0.1) is 22.9 Å². The summed E-state index contributed by atoms with van der Waals surface area (Å²) in [5.41, 5.74) is 5.90. The van der Waals surface area contributed by atoms with E-state index in [1.807, 2.05) is 17.5 Å². The zero-order valence-electron chi connectivity index (χ0n) is 16.3. The van der Waals surface area contributed by atoms with Crippen LogP contribution in [-0.2, 0) is 9.59 Å². The van der Waals surface area contributed by atoms with Gasteiger partial charge in [0.15, 0.2) is 5.96 Å². The Kier molecular flexibility index (Phi) is 5.24. The Labute approximate surface area is 180 Å². The van der Waals surface area contributed by atoms with Gasteiger partial charge in [0.1, 0.15) is 21.9 Å². The zero-order chi connectivity index (χ0) is 21.7. The van der Waals surface area contributed by atoms with Crippen molar-refractivity contribution in [2.24, 2.45) is 17.6 Å². The standard InChI is InChI=1S/C18H22N6O4S2/c1-7-10(13(17(27)28)24-12(7)11(8(2)25)15(24)26)9-5-23-6-22-14(16(23)30-9)29-4-3-21-18(19)20/h5-8,11-12,25H,3-4H2,1-2H3,(H,27,28)(H4,19,20,21)/t7-,8+,11+,12+/m0/s1. The Morgan fingerprint density at radius 3 is 2.90 bits per heavy atom. The summed E-state index contributed by atoms with van der Waals surface area (Å²) in [5.74, 6) is -1.69. The van der Waals surface area contributed by atoms with E-state index < -0.39 is 18.0 Å². The number of aromatic nitrogens is 2. The third-order valence-corrected chi connectivity index (χ3v) is 7.73. The number of aliphatic hydroxyl groups is 1. The molecule has 0 spiro atoms. The van der Waals surface area contributed by atoms with Gasteiger partial charge in [-0.15, -0.1) is 23.1 Å². The highest BCUT2D eigenvalue weighted by Crippen LogP contribution is 2.51. The quantitative estimate of drug-likeness (QED) is 0.135. The number of rotatable bonds is 7. The minimum Gasteiger partial charge on any atom is -0.477 e. The fourth-order valence-electron chi connectivity index (χ4n) is 4.23. The van der Waals surface area contributed by atoms with E-state index in [1.54, 1.807) is 13.3 Å². The fraction of sp³-hybridized carbons (Fsp3) is 0.444. The maximum absolute atomic E-state index is 12.5. The number of aliphatic carboxylic acids is 1. The Bertz CT molecular complexity index is 1070. The summed E-state index contributed by atoms with van der Waals surface area (Å²) in [7, 11) is 0. The second-order valence-corrected chi connectivity index (χ2v) is 9.48. The molecule has 2 aromatic rings. The molecule has 0 radical (unpaired) electrons. The van der Waals surface area contributed by atoms with Crippen LogP contribution < -0.4 is 11.1 Å². The van der Waals surface area contributed by atoms with Gasteiger partial charge in [0.2, 0.25) is 5.91 Å². The molecule has 0 aliphatic carbocycles. The second kappa shape index (κ2) is 7.60. The van der Waals surface area contributed by atoms with Crippen molar-refractivity contribution >= 4 is 51.3 Å². The molecule has 0 aromatic carbocycles. The Morgan fingerprint density at radius 2 is 2.27 bits per heavy atom. The van der Waals surface area contributed by atoms with Gasteiger partial charge in [0, 0.05) is 30.0 Å². The predicted octanol–water partition coefficient (Wildman–Crippen LogP) is 0.624. The first-order valence-electron chi connectivity index (χ1n) is 9.38. The number of nitrogens with two attached hydrogens (primary N) is 1. The highest BCUT2D eigenvalue weighted by Gasteiger charge is 2.60. The molecule has 2 aromatic heterocycles. The predicted molar refractivity (Wildman–Crippen MR) is 113 cm³/mol. The average molecular weight is 451 g/mol. The molecular formula is C18H22N6O4S2. The molecule has 10 nitrogen and oxygen atoms in total. The number of hydrogen-bond donors (Lipinski definition) is 5. The lowest BCUT2D eigenvalue weighted by molar-refractivity contribution is -0.163. The first kappa shape index (κ1) is 20.7. The van der Waals surface area contributed by atoms with Gasteiger partial charge >= 0.3 is 5.97 Å². The normalized spacial score (nSPS) is 24.2. The van der Waals surface area contributed by atoms with E-state index in [0.717, 1.165) is 14.7 Å². The molecule has 4 rings (SSSR count). The number of carbonyl (C=O) groups excluding carboxylic acids is 1. The van der Waals surface area contributed by atoms with Crippen molar-refractivity contribution < 1.29 is 19.8 Å². The maximum atomic E-state index is 12.5. The minimum absolute atomic E-state index is 0.00623. The van der Waals surface area contributed by atoms with Gasteiger partial charge in [-0.2, -0.15) is 0 Å². The number of carbonyl (C=O) groups is 2. The van der Waals surface area contributed by atoms with Gasteiger partial charge in [-0.3, -0.25) is 14.6 Å². The van der Waals surface area contributed by atoms with Crippen molar-refractivity contribution in [3.8, 4) is 0 Å². The number of carboxylic acids is 1. The van der Waals surface area contributed by atoms with E-state index in [-0.39, 0.29) is 29.5 Å². The molecule has 1 amide bonds. The molecule has 0 saturated carbocycles. The van der Waals surface area contributed by atoms with Crippen LogP contribution in [0.3, 0.4) is 0 Å². The zero-order valence-corrected chi connectivity index (χ0v) is 18.0. The van der Waals surface area contributed by atoms with Gasteiger partial charge < -0.3 is 26.2 Å². The number of aliphatic hydroxyl groups excluding tert-OH is 1. The molecule has 2 aliphatic rings. The number of β-lactam (4-membered cyclic amide) rings is 1. The van der Waals surface area contributed by atoms with Crippen molar-refractivity contribution in [2.75, 3.05) is 12.3 Å². The molecular weight excluding hydrogens is 428 g/mol. The number of thiazole rings is 1.